The molecule has 0 spiro atoms. The van der Waals surface area contributed by atoms with Crippen LogP contribution >= 0.6 is 0 Å². The molecule has 0 aliphatic carbocycles. The van der Waals surface area contributed by atoms with Crippen LogP contribution in [-0.4, -0.2) is 60.8 Å². The van der Waals surface area contributed by atoms with Gasteiger partial charge in [-0.25, -0.2) is 4.79 Å². The zero-order valence-electron chi connectivity index (χ0n) is 11.7. The molecule has 0 aromatic heterocycles. The van der Waals surface area contributed by atoms with Gasteiger partial charge in [-0.05, 0) is 20.8 Å². The molecule has 0 saturated heterocycles. The average molecular weight is 260 g/mol. The summed E-state index contributed by atoms with van der Waals surface area (Å²) in [5.41, 5.74) is -1.56. The molecule has 0 heterocycles. The summed E-state index contributed by atoms with van der Waals surface area (Å²) in [4.78, 5) is 24.6. The van der Waals surface area contributed by atoms with E-state index in [0.717, 1.165) is 0 Å². The number of aliphatic hydroxyl groups is 1. The van der Waals surface area contributed by atoms with Gasteiger partial charge in [-0.3, -0.25) is 4.79 Å². The van der Waals surface area contributed by atoms with E-state index >= 15 is 0 Å². The lowest BCUT2D eigenvalue weighted by Gasteiger charge is -2.21. The molecule has 0 aliphatic heterocycles. The smallest absolute Gasteiger partial charge is 0.338 e. The summed E-state index contributed by atoms with van der Waals surface area (Å²) >= 11 is 0. The van der Waals surface area contributed by atoms with Crippen molar-refractivity contribution in [1.29, 1.82) is 0 Å². The predicted octanol–water partition coefficient (Wildman–Crippen LogP) is -0.241. The third-order valence-corrected chi connectivity index (χ3v) is 2.73. The van der Waals surface area contributed by atoms with Crippen molar-refractivity contribution in [2.45, 2.75) is 32.8 Å². The van der Waals surface area contributed by atoms with Crippen LogP contribution in [-0.2, 0) is 14.3 Å². The number of nitrogens with one attached hydrogen (secondary N) is 1. The Balaban J connectivity index is 3.93. The highest BCUT2D eigenvalue weighted by Gasteiger charge is 2.30. The number of carbonyl (C=O) groups is 2. The van der Waals surface area contributed by atoms with Gasteiger partial charge in [0.1, 0.15) is 0 Å². The highest BCUT2D eigenvalue weighted by molar-refractivity contribution is 5.79. The Kier molecular flexibility index (Phi) is 7.54. The van der Waals surface area contributed by atoms with Gasteiger partial charge < -0.3 is 20.1 Å². The number of hydrogen-bond donors (Lipinski definition) is 2. The first-order valence-corrected chi connectivity index (χ1v) is 6.18. The van der Waals surface area contributed by atoms with Crippen molar-refractivity contribution in [1.82, 2.24) is 10.2 Å². The zero-order chi connectivity index (χ0) is 14.2. The largest absolute Gasteiger partial charge is 0.467 e. The second-order valence-corrected chi connectivity index (χ2v) is 4.26. The number of esters is 1. The van der Waals surface area contributed by atoms with E-state index in [9.17, 15) is 14.7 Å². The van der Waals surface area contributed by atoms with Gasteiger partial charge in [0, 0.05) is 32.6 Å². The molecule has 0 radical (unpaired) electrons. The Morgan fingerprint density at radius 1 is 1.33 bits per heavy atom. The van der Waals surface area contributed by atoms with E-state index in [0.29, 0.717) is 26.1 Å². The van der Waals surface area contributed by atoms with Gasteiger partial charge in [0.25, 0.3) is 0 Å². The molecular weight excluding hydrogens is 236 g/mol. The molecule has 0 bridgehead atoms. The first-order chi connectivity index (χ1) is 8.38. The van der Waals surface area contributed by atoms with Gasteiger partial charge in [0.05, 0.1) is 7.11 Å². The number of ether oxygens (including phenoxy) is 1. The first kappa shape index (κ1) is 16.9. The Morgan fingerprint density at radius 3 is 2.33 bits per heavy atom. The summed E-state index contributed by atoms with van der Waals surface area (Å²) in [6.07, 6.45) is 0.346. The second kappa shape index (κ2) is 8.05. The maximum Gasteiger partial charge on any atom is 0.338 e. The van der Waals surface area contributed by atoms with Crippen molar-refractivity contribution in [2.75, 3.05) is 33.3 Å². The van der Waals surface area contributed by atoms with Gasteiger partial charge in [-0.15, -0.1) is 0 Å². The fraction of sp³-hybridized carbons (Fsp3) is 0.833. The van der Waals surface area contributed by atoms with E-state index in [4.69, 9.17) is 0 Å². The van der Waals surface area contributed by atoms with Gasteiger partial charge in [0.15, 0.2) is 5.60 Å². The highest BCUT2D eigenvalue weighted by atomic mass is 16.5. The Labute approximate surface area is 108 Å². The van der Waals surface area contributed by atoms with E-state index in [2.05, 4.69) is 10.1 Å². The number of methoxy groups -OCH3 is 1. The first-order valence-electron chi connectivity index (χ1n) is 6.18. The van der Waals surface area contributed by atoms with E-state index in [1.54, 1.807) is 4.90 Å². The lowest BCUT2D eigenvalue weighted by Crippen LogP contribution is -2.46. The maximum atomic E-state index is 11.7. The summed E-state index contributed by atoms with van der Waals surface area (Å²) in [5.74, 6) is -0.629. The van der Waals surface area contributed by atoms with Crippen LogP contribution in [0.1, 0.15) is 27.2 Å². The molecule has 0 aromatic rings. The van der Waals surface area contributed by atoms with Crippen molar-refractivity contribution < 1.29 is 19.4 Å². The third-order valence-electron chi connectivity index (χ3n) is 2.73. The molecule has 1 atom stereocenters. The van der Waals surface area contributed by atoms with Gasteiger partial charge >= 0.3 is 5.97 Å². The van der Waals surface area contributed by atoms with Gasteiger partial charge in [0.2, 0.25) is 5.91 Å². The molecule has 2 N–H and O–H groups in total. The number of carbonyl (C=O) groups excluding carboxylic acids is 2. The van der Waals surface area contributed by atoms with Crippen LogP contribution in [0.15, 0.2) is 0 Å². The van der Waals surface area contributed by atoms with E-state index < -0.39 is 11.6 Å². The molecule has 18 heavy (non-hydrogen) atoms. The van der Waals surface area contributed by atoms with E-state index in [1.165, 1.54) is 14.0 Å². The third kappa shape index (κ3) is 5.46. The average Bonchev–Trinajstić information content (AvgIpc) is 2.35. The quantitative estimate of drug-likeness (QED) is 0.465. The molecule has 0 rings (SSSR count). The van der Waals surface area contributed by atoms with Crippen LogP contribution in [0.3, 0.4) is 0 Å². The van der Waals surface area contributed by atoms with Crippen molar-refractivity contribution in [3.63, 3.8) is 0 Å². The topological polar surface area (TPSA) is 78.9 Å². The molecule has 0 aliphatic rings. The minimum Gasteiger partial charge on any atom is -0.467 e. The summed E-state index contributed by atoms with van der Waals surface area (Å²) in [7, 11) is 1.22. The Hall–Kier alpha value is -1.14. The van der Waals surface area contributed by atoms with Crippen LogP contribution in [0.4, 0.5) is 0 Å². The van der Waals surface area contributed by atoms with Crippen LogP contribution in [0.5, 0.6) is 0 Å². The number of hydrogen-bond acceptors (Lipinski definition) is 5. The van der Waals surface area contributed by atoms with Crippen molar-refractivity contribution in [3.05, 3.63) is 0 Å². The van der Waals surface area contributed by atoms with Crippen LogP contribution in [0.2, 0.25) is 0 Å². The van der Waals surface area contributed by atoms with E-state index in [-0.39, 0.29) is 12.5 Å². The van der Waals surface area contributed by atoms with Gasteiger partial charge in [-0.2, -0.15) is 0 Å². The van der Waals surface area contributed by atoms with E-state index in [1.807, 2.05) is 13.8 Å². The van der Waals surface area contributed by atoms with Crippen LogP contribution in [0, 0.1) is 0 Å². The molecule has 0 saturated carbocycles. The molecule has 0 aromatic carbocycles. The Morgan fingerprint density at radius 2 is 1.89 bits per heavy atom. The van der Waals surface area contributed by atoms with Crippen molar-refractivity contribution >= 4 is 11.9 Å². The molecule has 1 unspecified atom stereocenters. The lowest BCUT2D eigenvalue weighted by molar-refractivity contribution is -0.159. The molecular formula is C12H24N2O4. The van der Waals surface area contributed by atoms with Gasteiger partial charge in [-0.1, -0.05) is 0 Å². The molecule has 6 heteroatoms. The Bertz CT molecular complexity index is 275. The second-order valence-electron chi connectivity index (χ2n) is 4.26. The normalized spacial score (nSPS) is 13.8. The molecule has 6 nitrogen and oxygen atoms in total. The number of nitrogens with zero attached hydrogens (tertiary/aromatic N) is 1. The van der Waals surface area contributed by atoms with Crippen LogP contribution < -0.4 is 5.32 Å². The fourth-order valence-corrected chi connectivity index (χ4v) is 1.55. The standard InChI is InChI=1S/C12H24N2O4/c1-5-14(6-2)10(15)7-8-13-9-12(3,17)11(16)18-4/h13,17H,5-9H2,1-4H3. The number of amides is 1. The molecule has 106 valence electrons. The minimum absolute atomic E-state index is 0.0604. The number of rotatable bonds is 8. The SMILES string of the molecule is CCN(CC)C(=O)CCNCC(C)(O)C(=O)OC. The molecule has 0 fully saturated rings. The highest BCUT2D eigenvalue weighted by Crippen LogP contribution is 2.03. The monoisotopic (exact) mass is 260 g/mol. The predicted molar refractivity (Wildman–Crippen MR) is 68.1 cm³/mol. The minimum atomic E-state index is -1.56. The zero-order valence-corrected chi connectivity index (χ0v) is 11.7. The maximum absolute atomic E-state index is 11.7. The summed E-state index contributed by atoms with van der Waals surface area (Å²) in [6, 6.07) is 0. The lowest BCUT2D eigenvalue weighted by atomic mass is 10.1. The van der Waals surface area contributed by atoms with Crippen molar-refractivity contribution in [2.24, 2.45) is 0 Å². The van der Waals surface area contributed by atoms with Crippen LogP contribution in [0.25, 0.3) is 0 Å². The summed E-state index contributed by atoms with van der Waals surface area (Å²) in [5, 5.41) is 12.6. The summed E-state index contributed by atoms with van der Waals surface area (Å²) in [6.45, 7) is 7.09. The van der Waals surface area contributed by atoms with Crippen molar-refractivity contribution in [3.8, 4) is 0 Å². The molecule has 1 amide bonds. The summed E-state index contributed by atoms with van der Waals surface area (Å²) < 4.78 is 4.46. The fourth-order valence-electron chi connectivity index (χ4n) is 1.55.